The molecule has 1 aliphatic heterocycles. The van der Waals surface area contributed by atoms with Gasteiger partial charge in [-0.25, -0.2) is 8.78 Å². The molecular weight excluding hydrogens is 208 g/mol. The average Bonchev–Trinajstić information content (AvgIpc) is 2.21. The number of hydrogen-bond donors (Lipinski definition) is 0. The molecule has 0 aliphatic carbocycles. The van der Waals surface area contributed by atoms with Gasteiger partial charge < -0.3 is 0 Å². The number of alkyl halides is 2. The maximum Gasteiger partial charge on any atom is 0.278 e. The molecule has 94 valence electrons. The lowest BCUT2D eigenvalue weighted by Crippen LogP contribution is -2.45. The first-order valence-electron chi connectivity index (χ1n) is 6.03. The third-order valence-corrected chi connectivity index (χ3v) is 4.13. The summed E-state index contributed by atoms with van der Waals surface area (Å²) in [5.41, 5.74) is 0.319. The Balaban J connectivity index is 2.47. The summed E-state index contributed by atoms with van der Waals surface area (Å²) < 4.78 is 26.3. The number of nitrogens with zero attached hydrogens (tertiary/aromatic N) is 1. The van der Waals surface area contributed by atoms with E-state index in [9.17, 15) is 8.78 Å². The molecule has 0 bridgehead atoms. The molecule has 0 unspecified atom stereocenters. The van der Waals surface area contributed by atoms with Gasteiger partial charge in [-0.3, -0.25) is 4.90 Å². The SMILES string of the molecule is C=CC(F)(F)CN1CCC(C)(C(C)C)CC1. The molecule has 0 saturated carbocycles. The zero-order chi connectivity index (χ0) is 12.4. The fourth-order valence-electron chi connectivity index (χ4n) is 2.16. The lowest BCUT2D eigenvalue weighted by Gasteiger charge is -2.42. The molecule has 0 atom stereocenters. The molecular formula is C13H23F2N. The van der Waals surface area contributed by atoms with Crippen LogP contribution in [0.5, 0.6) is 0 Å². The monoisotopic (exact) mass is 231 g/mol. The van der Waals surface area contributed by atoms with E-state index in [1.54, 1.807) is 0 Å². The Labute approximate surface area is 97.5 Å². The standard InChI is InChI=1S/C13H23F2N/c1-5-13(14,15)10-16-8-6-12(4,7-9-16)11(2)3/h5,11H,1,6-10H2,2-4H3. The van der Waals surface area contributed by atoms with E-state index in [0.29, 0.717) is 11.3 Å². The van der Waals surface area contributed by atoms with Crippen molar-refractivity contribution < 1.29 is 8.78 Å². The molecule has 0 spiro atoms. The van der Waals surface area contributed by atoms with Crippen LogP contribution >= 0.6 is 0 Å². The molecule has 0 amide bonds. The summed E-state index contributed by atoms with van der Waals surface area (Å²) in [5, 5.41) is 0. The minimum absolute atomic E-state index is 0.176. The minimum atomic E-state index is -2.74. The van der Waals surface area contributed by atoms with E-state index in [0.717, 1.165) is 32.0 Å². The highest BCUT2D eigenvalue weighted by atomic mass is 19.3. The van der Waals surface area contributed by atoms with Crippen LogP contribution in [0.15, 0.2) is 12.7 Å². The molecule has 0 aromatic rings. The average molecular weight is 231 g/mol. The second kappa shape index (κ2) is 4.82. The zero-order valence-corrected chi connectivity index (χ0v) is 10.6. The molecule has 0 N–H and O–H groups in total. The van der Waals surface area contributed by atoms with Gasteiger partial charge in [0.1, 0.15) is 0 Å². The van der Waals surface area contributed by atoms with Crippen LogP contribution in [0.25, 0.3) is 0 Å². The van der Waals surface area contributed by atoms with E-state index in [1.807, 2.05) is 4.90 Å². The van der Waals surface area contributed by atoms with Crippen molar-refractivity contribution in [2.45, 2.75) is 39.5 Å². The van der Waals surface area contributed by atoms with Gasteiger partial charge in [-0.05, 0) is 43.3 Å². The molecule has 1 aliphatic rings. The van der Waals surface area contributed by atoms with Gasteiger partial charge >= 0.3 is 0 Å². The summed E-state index contributed by atoms with van der Waals surface area (Å²) in [6.45, 7) is 11.3. The predicted octanol–water partition coefficient (Wildman–Crippen LogP) is 3.57. The maximum absolute atomic E-state index is 13.1. The summed E-state index contributed by atoms with van der Waals surface area (Å²) in [6, 6.07) is 0. The summed E-state index contributed by atoms with van der Waals surface area (Å²) in [6.07, 6.45) is 2.78. The Morgan fingerprint density at radius 3 is 2.25 bits per heavy atom. The van der Waals surface area contributed by atoms with E-state index in [-0.39, 0.29) is 6.54 Å². The molecule has 1 saturated heterocycles. The summed E-state index contributed by atoms with van der Waals surface area (Å²) >= 11 is 0. The molecule has 0 aromatic carbocycles. The lowest BCUT2D eigenvalue weighted by atomic mass is 9.72. The first-order valence-corrected chi connectivity index (χ1v) is 6.03. The van der Waals surface area contributed by atoms with Gasteiger partial charge in [-0.1, -0.05) is 27.4 Å². The van der Waals surface area contributed by atoms with Crippen molar-refractivity contribution in [1.29, 1.82) is 0 Å². The normalized spacial score (nSPS) is 22.4. The second-order valence-corrected chi connectivity index (χ2v) is 5.55. The Bertz CT molecular complexity index is 240. The fourth-order valence-corrected chi connectivity index (χ4v) is 2.16. The Morgan fingerprint density at radius 2 is 1.88 bits per heavy atom. The van der Waals surface area contributed by atoms with Gasteiger partial charge in [0.05, 0.1) is 6.54 Å². The summed E-state index contributed by atoms with van der Waals surface area (Å²) in [5.74, 6) is -2.12. The van der Waals surface area contributed by atoms with Crippen LogP contribution in [0.1, 0.15) is 33.6 Å². The molecule has 16 heavy (non-hydrogen) atoms. The summed E-state index contributed by atoms with van der Waals surface area (Å²) in [7, 11) is 0. The molecule has 1 nitrogen and oxygen atoms in total. The van der Waals surface area contributed by atoms with Crippen molar-refractivity contribution in [3.63, 3.8) is 0 Å². The van der Waals surface area contributed by atoms with Crippen LogP contribution in [0.4, 0.5) is 8.78 Å². The van der Waals surface area contributed by atoms with E-state index < -0.39 is 5.92 Å². The molecule has 3 heteroatoms. The van der Waals surface area contributed by atoms with E-state index in [4.69, 9.17) is 0 Å². The number of rotatable bonds is 4. The smallest absolute Gasteiger partial charge is 0.278 e. The highest BCUT2D eigenvalue weighted by molar-refractivity contribution is 4.92. The first kappa shape index (κ1) is 13.6. The first-order chi connectivity index (χ1) is 7.29. The Hall–Kier alpha value is -0.440. The van der Waals surface area contributed by atoms with Crippen molar-refractivity contribution in [2.24, 2.45) is 11.3 Å². The third kappa shape index (κ3) is 3.27. The van der Waals surface area contributed by atoms with Crippen molar-refractivity contribution in [3.05, 3.63) is 12.7 Å². The van der Waals surface area contributed by atoms with Gasteiger partial charge in [0.15, 0.2) is 0 Å². The minimum Gasteiger partial charge on any atom is -0.297 e. The molecule has 1 rings (SSSR count). The van der Waals surface area contributed by atoms with Crippen LogP contribution in [-0.4, -0.2) is 30.5 Å². The van der Waals surface area contributed by atoms with Crippen LogP contribution in [-0.2, 0) is 0 Å². The van der Waals surface area contributed by atoms with Gasteiger partial charge in [-0.15, -0.1) is 0 Å². The highest BCUT2D eigenvalue weighted by Gasteiger charge is 2.35. The van der Waals surface area contributed by atoms with Gasteiger partial charge in [0.2, 0.25) is 0 Å². The topological polar surface area (TPSA) is 3.24 Å². The van der Waals surface area contributed by atoms with Crippen molar-refractivity contribution >= 4 is 0 Å². The fraction of sp³-hybridized carbons (Fsp3) is 0.846. The second-order valence-electron chi connectivity index (χ2n) is 5.55. The Kier molecular flexibility index (Phi) is 4.11. The summed E-state index contributed by atoms with van der Waals surface area (Å²) in [4.78, 5) is 1.85. The number of halogens is 2. The molecule has 1 heterocycles. The number of piperidine rings is 1. The van der Waals surface area contributed by atoms with Crippen molar-refractivity contribution in [1.82, 2.24) is 4.90 Å². The van der Waals surface area contributed by atoms with E-state index >= 15 is 0 Å². The maximum atomic E-state index is 13.1. The van der Waals surface area contributed by atoms with Crippen LogP contribution in [0.3, 0.4) is 0 Å². The van der Waals surface area contributed by atoms with Crippen LogP contribution in [0.2, 0.25) is 0 Å². The van der Waals surface area contributed by atoms with Gasteiger partial charge in [0.25, 0.3) is 5.92 Å². The van der Waals surface area contributed by atoms with Gasteiger partial charge in [0, 0.05) is 0 Å². The number of hydrogen-bond acceptors (Lipinski definition) is 1. The molecule has 0 radical (unpaired) electrons. The molecule has 1 fully saturated rings. The zero-order valence-electron chi connectivity index (χ0n) is 10.6. The van der Waals surface area contributed by atoms with E-state index in [1.165, 1.54) is 0 Å². The predicted molar refractivity (Wildman–Crippen MR) is 63.8 cm³/mol. The van der Waals surface area contributed by atoms with Crippen LogP contribution in [0, 0.1) is 11.3 Å². The Morgan fingerprint density at radius 1 is 1.38 bits per heavy atom. The van der Waals surface area contributed by atoms with Crippen molar-refractivity contribution in [3.8, 4) is 0 Å². The lowest BCUT2D eigenvalue weighted by molar-refractivity contribution is -0.0122. The highest BCUT2D eigenvalue weighted by Crippen LogP contribution is 2.38. The van der Waals surface area contributed by atoms with Crippen molar-refractivity contribution in [2.75, 3.05) is 19.6 Å². The number of likely N-dealkylation sites (tertiary alicyclic amines) is 1. The van der Waals surface area contributed by atoms with E-state index in [2.05, 4.69) is 27.4 Å². The molecule has 0 aromatic heterocycles. The largest absolute Gasteiger partial charge is 0.297 e. The van der Waals surface area contributed by atoms with Crippen LogP contribution < -0.4 is 0 Å². The third-order valence-electron chi connectivity index (χ3n) is 4.13. The quantitative estimate of drug-likeness (QED) is 0.669. The van der Waals surface area contributed by atoms with Gasteiger partial charge in [-0.2, -0.15) is 0 Å².